The molecule has 1 aliphatic rings. The Kier molecular flexibility index (Phi) is 6.41. The molecule has 28 heavy (non-hydrogen) atoms. The molecule has 0 saturated carbocycles. The molecule has 1 atom stereocenters. The number of carbonyl (C=O) groups excluding carboxylic acids is 1. The maximum absolute atomic E-state index is 12.9. The quantitative estimate of drug-likeness (QED) is 0.710. The summed E-state index contributed by atoms with van der Waals surface area (Å²) in [5, 5.41) is 0. The van der Waals surface area contributed by atoms with Crippen molar-refractivity contribution < 1.29 is 23.4 Å². The van der Waals surface area contributed by atoms with E-state index in [0.717, 1.165) is 30.8 Å². The van der Waals surface area contributed by atoms with Crippen LogP contribution in [0.3, 0.4) is 0 Å². The first-order chi connectivity index (χ1) is 13.6. The number of hydrogen-bond donors (Lipinski definition) is 0. The summed E-state index contributed by atoms with van der Waals surface area (Å²) < 4.78 is 29.0. The lowest BCUT2D eigenvalue weighted by atomic mass is 10.1. The van der Waals surface area contributed by atoms with E-state index < -0.39 is 5.82 Å². The molecule has 148 valence electrons. The number of rotatable bonds is 6. The molecule has 1 aliphatic heterocycles. The first-order valence-corrected chi connectivity index (χ1v) is 8.92. The summed E-state index contributed by atoms with van der Waals surface area (Å²) in [6.07, 6.45) is 6.74. The lowest BCUT2D eigenvalue weighted by Gasteiger charge is -2.31. The van der Waals surface area contributed by atoms with Crippen molar-refractivity contribution in [3.8, 4) is 17.5 Å². The van der Waals surface area contributed by atoms with Crippen molar-refractivity contribution in [1.82, 2.24) is 14.9 Å². The third-order valence-corrected chi connectivity index (χ3v) is 4.38. The van der Waals surface area contributed by atoms with E-state index in [0.29, 0.717) is 24.6 Å². The van der Waals surface area contributed by atoms with Gasteiger partial charge in [-0.15, -0.1) is 0 Å². The third kappa shape index (κ3) is 4.97. The van der Waals surface area contributed by atoms with Gasteiger partial charge in [0.2, 0.25) is 5.91 Å². The van der Waals surface area contributed by atoms with Crippen molar-refractivity contribution in [3.05, 3.63) is 48.0 Å². The van der Waals surface area contributed by atoms with Crippen LogP contribution in [0.15, 0.2) is 36.7 Å². The summed E-state index contributed by atoms with van der Waals surface area (Å²) in [6.45, 7) is 1.08. The minimum absolute atomic E-state index is 0.108. The summed E-state index contributed by atoms with van der Waals surface area (Å²) in [5.74, 6) is 0.601. The zero-order chi connectivity index (χ0) is 19.9. The monoisotopic (exact) mass is 387 g/mol. The van der Waals surface area contributed by atoms with Crippen LogP contribution in [-0.4, -0.2) is 54.2 Å². The third-order valence-electron chi connectivity index (χ3n) is 4.38. The highest BCUT2D eigenvalue weighted by atomic mass is 19.1. The Morgan fingerprint density at radius 2 is 1.96 bits per heavy atom. The van der Waals surface area contributed by atoms with Gasteiger partial charge in [-0.05, 0) is 36.6 Å². The molecule has 7 nitrogen and oxygen atoms in total. The molecule has 0 aliphatic carbocycles. The number of aromatic nitrogens is 2. The van der Waals surface area contributed by atoms with Crippen LogP contribution in [-0.2, 0) is 4.79 Å². The number of halogens is 1. The number of ether oxygens (including phenoxy) is 3. The Hall–Kier alpha value is -3.16. The maximum Gasteiger partial charge on any atom is 0.316 e. The Labute approximate surface area is 162 Å². The summed E-state index contributed by atoms with van der Waals surface area (Å²) in [4.78, 5) is 21.9. The SMILES string of the molecule is COc1ccc(/C=C/C(=O)N2CCC[C@@H](Oc3ncc(F)cn3)C2)cc1OC. The van der Waals surface area contributed by atoms with Crippen molar-refractivity contribution in [2.75, 3.05) is 27.3 Å². The van der Waals surface area contributed by atoms with Gasteiger partial charge in [-0.3, -0.25) is 4.79 Å². The Morgan fingerprint density at radius 1 is 1.21 bits per heavy atom. The van der Waals surface area contributed by atoms with Gasteiger partial charge in [-0.1, -0.05) is 6.07 Å². The van der Waals surface area contributed by atoms with Crippen LogP contribution in [0.4, 0.5) is 4.39 Å². The van der Waals surface area contributed by atoms with Crippen LogP contribution in [0.1, 0.15) is 18.4 Å². The van der Waals surface area contributed by atoms with E-state index in [2.05, 4.69) is 9.97 Å². The van der Waals surface area contributed by atoms with Gasteiger partial charge in [0.05, 0.1) is 33.2 Å². The van der Waals surface area contributed by atoms with E-state index in [1.54, 1.807) is 37.3 Å². The standard InChI is InChI=1S/C20H22FN3O4/c1-26-17-7-5-14(10-18(17)27-2)6-8-19(25)24-9-3-4-16(13-24)28-20-22-11-15(21)12-23-20/h5-8,10-12,16H,3-4,9,13H2,1-2H3/b8-6+/t16-/m1/s1. The number of piperidine rings is 1. The van der Waals surface area contributed by atoms with Crippen molar-refractivity contribution in [2.24, 2.45) is 0 Å². The molecular weight excluding hydrogens is 365 g/mol. The van der Waals surface area contributed by atoms with E-state index in [4.69, 9.17) is 14.2 Å². The molecule has 1 saturated heterocycles. The second-order valence-corrected chi connectivity index (χ2v) is 6.30. The van der Waals surface area contributed by atoms with Gasteiger partial charge in [0, 0.05) is 12.6 Å². The number of nitrogens with zero attached hydrogens (tertiary/aromatic N) is 3. The van der Waals surface area contributed by atoms with Gasteiger partial charge < -0.3 is 19.1 Å². The number of carbonyl (C=O) groups is 1. The lowest BCUT2D eigenvalue weighted by molar-refractivity contribution is -0.128. The molecule has 1 fully saturated rings. The molecule has 1 aromatic carbocycles. The van der Waals surface area contributed by atoms with E-state index >= 15 is 0 Å². The molecule has 2 aromatic rings. The zero-order valence-corrected chi connectivity index (χ0v) is 15.8. The highest BCUT2D eigenvalue weighted by Crippen LogP contribution is 2.28. The van der Waals surface area contributed by atoms with Crippen LogP contribution in [0.5, 0.6) is 17.5 Å². The Bertz CT molecular complexity index is 842. The zero-order valence-electron chi connectivity index (χ0n) is 15.8. The summed E-state index contributed by atoms with van der Waals surface area (Å²) >= 11 is 0. The second-order valence-electron chi connectivity index (χ2n) is 6.30. The topological polar surface area (TPSA) is 73.8 Å². The van der Waals surface area contributed by atoms with E-state index in [9.17, 15) is 9.18 Å². The highest BCUT2D eigenvalue weighted by Gasteiger charge is 2.24. The average Bonchev–Trinajstić information content (AvgIpc) is 2.73. The summed E-state index contributed by atoms with van der Waals surface area (Å²) in [7, 11) is 3.14. The largest absolute Gasteiger partial charge is 0.493 e. The van der Waals surface area contributed by atoms with Crippen molar-refractivity contribution in [1.29, 1.82) is 0 Å². The lowest BCUT2D eigenvalue weighted by Crippen LogP contribution is -2.43. The summed E-state index contributed by atoms with van der Waals surface area (Å²) in [6, 6.07) is 5.55. The Morgan fingerprint density at radius 3 is 2.68 bits per heavy atom. The molecule has 1 amide bonds. The fourth-order valence-electron chi connectivity index (χ4n) is 2.97. The first-order valence-electron chi connectivity index (χ1n) is 8.92. The van der Waals surface area contributed by atoms with Gasteiger partial charge >= 0.3 is 6.01 Å². The van der Waals surface area contributed by atoms with Crippen molar-refractivity contribution >= 4 is 12.0 Å². The van der Waals surface area contributed by atoms with Crippen LogP contribution >= 0.6 is 0 Å². The van der Waals surface area contributed by atoms with Gasteiger partial charge in [0.25, 0.3) is 0 Å². The van der Waals surface area contributed by atoms with Crippen LogP contribution < -0.4 is 14.2 Å². The van der Waals surface area contributed by atoms with Crippen LogP contribution in [0.2, 0.25) is 0 Å². The molecule has 1 aromatic heterocycles. The first kappa shape index (κ1) is 19.6. The number of likely N-dealkylation sites (tertiary alicyclic amines) is 1. The van der Waals surface area contributed by atoms with E-state index in [-0.39, 0.29) is 18.0 Å². The van der Waals surface area contributed by atoms with Crippen molar-refractivity contribution in [3.63, 3.8) is 0 Å². The minimum Gasteiger partial charge on any atom is -0.493 e. The molecule has 3 rings (SSSR count). The van der Waals surface area contributed by atoms with Gasteiger partial charge in [0.15, 0.2) is 17.3 Å². The smallest absolute Gasteiger partial charge is 0.316 e. The maximum atomic E-state index is 12.9. The van der Waals surface area contributed by atoms with Gasteiger partial charge in [0.1, 0.15) is 6.10 Å². The van der Waals surface area contributed by atoms with Crippen molar-refractivity contribution in [2.45, 2.75) is 18.9 Å². The Balaban J connectivity index is 1.60. The average molecular weight is 387 g/mol. The fourth-order valence-corrected chi connectivity index (χ4v) is 2.97. The molecule has 0 radical (unpaired) electrons. The molecule has 0 spiro atoms. The summed E-state index contributed by atoms with van der Waals surface area (Å²) in [5.41, 5.74) is 0.829. The predicted molar refractivity (Wildman–Crippen MR) is 101 cm³/mol. The molecular formula is C20H22FN3O4. The van der Waals surface area contributed by atoms with Gasteiger partial charge in [-0.2, -0.15) is 0 Å². The highest BCUT2D eigenvalue weighted by molar-refractivity contribution is 5.92. The molecule has 8 heteroatoms. The number of methoxy groups -OCH3 is 2. The van der Waals surface area contributed by atoms with Crippen LogP contribution in [0, 0.1) is 5.82 Å². The number of benzene rings is 1. The minimum atomic E-state index is -0.520. The van der Waals surface area contributed by atoms with E-state index in [1.165, 1.54) is 6.08 Å². The molecule has 2 heterocycles. The second kappa shape index (κ2) is 9.16. The van der Waals surface area contributed by atoms with E-state index in [1.807, 2.05) is 6.07 Å². The predicted octanol–water partition coefficient (Wildman–Crippen LogP) is 2.72. The van der Waals surface area contributed by atoms with Crippen LogP contribution in [0.25, 0.3) is 6.08 Å². The number of hydrogen-bond acceptors (Lipinski definition) is 6. The molecule has 0 bridgehead atoms. The molecule has 0 N–H and O–H groups in total. The number of amides is 1. The van der Waals surface area contributed by atoms with Gasteiger partial charge in [-0.25, -0.2) is 14.4 Å². The normalized spacial score (nSPS) is 16.8. The molecule has 0 unspecified atom stereocenters. The fraction of sp³-hybridized carbons (Fsp3) is 0.350.